The summed E-state index contributed by atoms with van der Waals surface area (Å²) in [4.78, 5) is 4.38. The van der Waals surface area contributed by atoms with Gasteiger partial charge in [0.05, 0.1) is 10.7 Å². The number of hydrogen-bond acceptors (Lipinski definition) is 6. The van der Waals surface area contributed by atoms with E-state index in [1.807, 2.05) is 28.8 Å². The highest BCUT2D eigenvalue weighted by atomic mass is 35.5. The molecule has 0 unspecified atom stereocenters. The predicted molar refractivity (Wildman–Crippen MR) is 118 cm³/mol. The minimum Gasteiger partial charge on any atom is -0.444 e. The molecule has 4 rings (SSSR count). The van der Waals surface area contributed by atoms with Crippen molar-refractivity contribution in [3.63, 3.8) is 0 Å². The van der Waals surface area contributed by atoms with Crippen LogP contribution in [0.1, 0.15) is 12.1 Å². The van der Waals surface area contributed by atoms with E-state index in [0.717, 1.165) is 24.1 Å². The van der Waals surface area contributed by atoms with E-state index in [9.17, 15) is 8.78 Å². The highest BCUT2D eigenvalue weighted by molar-refractivity contribution is 7.98. The zero-order valence-electron chi connectivity index (χ0n) is 17.1. The van der Waals surface area contributed by atoms with E-state index in [0.29, 0.717) is 46.2 Å². The lowest BCUT2D eigenvalue weighted by atomic mass is 10.2. The van der Waals surface area contributed by atoms with Crippen LogP contribution >= 0.6 is 23.4 Å². The number of benzene rings is 2. The molecule has 10 heteroatoms. The van der Waals surface area contributed by atoms with Gasteiger partial charge in [0.15, 0.2) is 22.6 Å². The van der Waals surface area contributed by atoms with Crippen molar-refractivity contribution in [1.82, 2.24) is 19.7 Å². The first-order chi connectivity index (χ1) is 15.6. The van der Waals surface area contributed by atoms with Gasteiger partial charge in [-0.15, -0.1) is 10.2 Å². The third kappa shape index (κ3) is 5.01. The lowest BCUT2D eigenvalue weighted by Crippen LogP contribution is -2.05. The Morgan fingerprint density at radius 2 is 1.97 bits per heavy atom. The predicted octanol–water partition coefficient (Wildman–Crippen LogP) is 5.86. The maximum absolute atomic E-state index is 13.5. The number of halogens is 3. The maximum Gasteiger partial charge on any atom is 0.226 e. The quantitative estimate of drug-likeness (QED) is 0.222. The Morgan fingerprint density at radius 1 is 1.12 bits per heavy atom. The van der Waals surface area contributed by atoms with Gasteiger partial charge in [-0.1, -0.05) is 35.5 Å². The summed E-state index contributed by atoms with van der Waals surface area (Å²) in [7, 11) is 1.66. The first kappa shape index (κ1) is 22.4. The van der Waals surface area contributed by atoms with Gasteiger partial charge in [0.2, 0.25) is 5.89 Å². The molecule has 0 saturated heterocycles. The molecule has 0 fully saturated rings. The van der Waals surface area contributed by atoms with Crippen molar-refractivity contribution in [3.05, 3.63) is 71.1 Å². The van der Waals surface area contributed by atoms with Crippen molar-refractivity contribution in [1.29, 1.82) is 0 Å². The van der Waals surface area contributed by atoms with Gasteiger partial charge in [0.1, 0.15) is 6.26 Å². The zero-order valence-corrected chi connectivity index (χ0v) is 18.7. The summed E-state index contributed by atoms with van der Waals surface area (Å²) in [6, 6.07) is 11.0. The van der Waals surface area contributed by atoms with Crippen LogP contribution in [0.3, 0.4) is 0 Å². The van der Waals surface area contributed by atoms with Crippen molar-refractivity contribution in [2.75, 3.05) is 13.7 Å². The van der Waals surface area contributed by atoms with Crippen molar-refractivity contribution in [2.24, 2.45) is 0 Å². The van der Waals surface area contributed by atoms with Crippen LogP contribution in [0.5, 0.6) is 0 Å². The fraction of sp³-hybridized carbons (Fsp3) is 0.227. The summed E-state index contributed by atoms with van der Waals surface area (Å²) in [5.41, 5.74) is 1.80. The molecule has 0 bridgehead atoms. The van der Waals surface area contributed by atoms with Crippen molar-refractivity contribution in [2.45, 2.75) is 23.9 Å². The first-order valence-corrected chi connectivity index (χ1v) is 11.1. The van der Waals surface area contributed by atoms with E-state index in [1.54, 1.807) is 7.11 Å². The second-order valence-electron chi connectivity index (χ2n) is 6.85. The number of aromatic nitrogens is 4. The Kier molecular flexibility index (Phi) is 7.19. The highest BCUT2D eigenvalue weighted by Crippen LogP contribution is 2.31. The average Bonchev–Trinajstić information content (AvgIpc) is 3.42. The van der Waals surface area contributed by atoms with Gasteiger partial charge in [-0.2, -0.15) is 0 Å². The van der Waals surface area contributed by atoms with Crippen LogP contribution in [-0.2, 0) is 17.0 Å². The van der Waals surface area contributed by atoms with Crippen molar-refractivity contribution < 1.29 is 17.9 Å². The minimum atomic E-state index is -0.951. The maximum atomic E-state index is 13.5. The molecule has 2 heterocycles. The van der Waals surface area contributed by atoms with Gasteiger partial charge in [-0.3, -0.25) is 0 Å². The lowest BCUT2D eigenvalue weighted by molar-refractivity contribution is 0.189. The molecular formula is C22H19ClF2N4O2S. The van der Waals surface area contributed by atoms with E-state index >= 15 is 0 Å². The van der Waals surface area contributed by atoms with Gasteiger partial charge in [-0.05, 0) is 36.8 Å². The normalized spacial score (nSPS) is 11.2. The average molecular weight is 477 g/mol. The zero-order chi connectivity index (χ0) is 22.5. The minimum absolute atomic E-state index is 0.220. The standard InChI is InChI=1S/C22H19ClF2N4O2S/c1-30-10-4-9-29-20(16-5-2-3-6-17(16)23)27-28-22(29)32-13-15-12-31-21(26-15)14-7-8-18(24)19(25)11-14/h2-3,5-8,11-12H,4,9-10,13H2,1H3. The van der Waals surface area contributed by atoms with Crippen LogP contribution in [0, 0.1) is 11.6 Å². The van der Waals surface area contributed by atoms with Gasteiger partial charge in [0, 0.05) is 37.1 Å². The molecule has 0 aliphatic rings. The van der Waals surface area contributed by atoms with Crippen molar-refractivity contribution in [3.8, 4) is 22.8 Å². The first-order valence-electron chi connectivity index (χ1n) is 9.76. The van der Waals surface area contributed by atoms with Crippen molar-refractivity contribution >= 4 is 23.4 Å². The van der Waals surface area contributed by atoms with E-state index in [4.69, 9.17) is 20.8 Å². The monoisotopic (exact) mass is 476 g/mol. The molecule has 2 aromatic heterocycles. The topological polar surface area (TPSA) is 66.0 Å². The Hall–Kier alpha value is -2.75. The molecule has 0 aliphatic heterocycles. The van der Waals surface area contributed by atoms with Gasteiger partial charge in [0.25, 0.3) is 0 Å². The number of methoxy groups -OCH3 is 1. The summed E-state index contributed by atoms with van der Waals surface area (Å²) in [6.07, 6.45) is 2.27. The molecule has 2 aromatic carbocycles. The Labute approximate surface area is 192 Å². The van der Waals surface area contributed by atoms with Gasteiger partial charge >= 0.3 is 0 Å². The lowest BCUT2D eigenvalue weighted by Gasteiger charge is -2.10. The van der Waals surface area contributed by atoms with Gasteiger partial charge in [-0.25, -0.2) is 13.8 Å². The molecule has 0 aliphatic carbocycles. The summed E-state index contributed by atoms with van der Waals surface area (Å²) in [5.74, 6) is -0.515. The second-order valence-corrected chi connectivity index (χ2v) is 8.20. The molecular weight excluding hydrogens is 458 g/mol. The van der Waals surface area contributed by atoms with Crippen LogP contribution in [-0.4, -0.2) is 33.5 Å². The van der Waals surface area contributed by atoms with E-state index < -0.39 is 11.6 Å². The molecule has 0 N–H and O–H groups in total. The number of rotatable bonds is 9. The largest absolute Gasteiger partial charge is 0.444 e. The van der Waals surface area contributed by atoms with E-state index in [-0.39, 0.29) is 5.89 Å². The molecule has 0 atom stereocenters. The summed E-state index contributed by atoms with van der Waals surface area (Å²) >= 11 is 7.81. The Bertz CT molecular complexity index is 1210. The van der Waals surface area contributed by atoms with Crippen LogP contribution in [0.2, 0.25) is 5.02 Å². The second kappa shape index (κ2) is 10.2. The summed E-state index contributed by atoms with van der Waals surface area (Å²) in [5, 5.41) is 9.99. The van der Waals surface area contributed by atoms with E-state index in [2.05, 4.69) is 15.2 Å². The molecule has 0 saturated carbocycles. The van der Waals surface area contributed by atoms with Gasteiger partial charge < -0.3 is 13.7 Å². The fourth-order valence-corrected chi connectivity index (χ4v) is 4.14. The van der Waals surface area contributed by atoms with E-state index in [1.165, 1.54) is 24.1 Å². The van der Waals surface area contributed by atoms with Crippen LogP contribution in [0.15, 0.2) is 58.3 Å². The number of hydrogen-bond donors (Lipinski definition) is 0. The molecule has 32 heavy (non-hydrogen) atoms. The molecule has 6 nitrogen and oxygen atoms in total. The SMILES string of the molecule is COCCCn1c(SCc2coc(-c3ccc(F)c(F)c3)n2)nnc1-c1ccccc1Cl. The molecule has 4 aromatic rings. The number of oxazole rings is 1. The molecule has 0 spiro atoms. The van der Waals surface area contributed by atoms with Crippen LogP contribution < -0.4 is 0 Å². The smallest absolute Gasteiger partial charge is 0.226 e. The highest BCUT2D eigenvalue weighted by Gasteiger charge is 2.17. The third-order valence-electron chi connectivity index (χ3n) is 4.63. The Morgan fingerprint density at radius 3 is 2.75 bits per heavy atom. The molecule has 0 radical (unpaired) electrons. The Balaban J connectivity index is 1.53. The number of thioether (sulfide) groups is 1. The summed E-state index contributed by atoms with van der Waals surface area (Å²) < 4.78 is 39.3. The summed E-state index contributed by atoms with van der Waals surface area (Å²) in [6.45, 7) is 1.26. The van der Waals surface area contributed by atoms with Crippen LogP contribution in [0.4, 0.5) is 8.78 Å². The third-order valence-corrected chi connectivity index (χ3v) is 5.96. The fourth-order valence-electron chi connectivity index (χ4n) is 3.08. The molecule has 166 valence electrons. The van der Waals surface area contributed by atoms with Crippen LogP contribution in [0.25, 0.3) is 22.8 Å². The number of ether oxygens (including phenoxy) is 1. The molecule has 0 amide bonds. The number of nitrogens with zero attached hydrogens (tertiary/aromatic N) is 4.